The Labute approximate surface area is 103 Å². The van der Waals surface area contributed by atoms with Gasteiger partial charge in [0.05, 0.1) is 0 Å². The van der Waals surface area contributed by atoms with Crippen molar-refractivity contribution < 1.29 is 8.42 Å². The number of sulfonamides is 1. The van der Waals surface area contributed by atoms with Crippen molar-refractivity contribution in [1.29, 1.82) is 0 Å². The van der Waals surface area contributed by atoms with E-state index < -0.39 is 10.0 Å². The van der Waals surface area contributed by atoms with Gasteiger partial charge in [0.2, 0.25) is 0 Å². The highest BCUT2D eigenvalue weighted by molar-refractivity contribution is 7.93. The van der Waals surface area contributed by atoms with Crippen LogP contribution in [0.5, 0.6) is 0 Å². The first-order valence-electron chi connectivity index (χ1n) is 4.78. The van der Waals surface area contributed by atoms with Crippen molar-refractivity contribution in [2.75, 3.05) is 10.5 Å². The Morgan fingerprint density at radius 1 is 1.41 bits per heavy atom. The van der Waals surface area contributed by atoms with Gasteiger partial charge in [-0.1, -0.05) is 0 Å². The molecule has 17 heavy (non-hydrogen) atoms. The van der Waals surface area contributed by atoms with Crippen LogP contribution in [-0.4, -0.2) is 13.4 Å². The molecule has 5 nitrogen and oxygen atoms in total. The summed E-state index contributed by atoms with van der Waals surface area (Å²) >= 11 is 1.33. The number of hydrogen-bond donors (Lipinski definition) is 2. The molecule has 3 N–H and O–H groups in total. The van der Waals surface area contributed by atoms with Gasteiger partial charge in [0.25, 0.3) is 10.0 Å². The van der Waals surface area contributed by atoms with E-state index >= 15 is 0 Å². The van der Waals surface area contributed by atoms with Crippen LogP contribution in [0.1, 0.15) is 5.56 Å². The molecular formula is C10H11N3O2S2. The normalized spacial score (nSPS) is 11.4. The van der Waals surface area contributed by atoms with Crippen LogP contribution in [0.3, 0.4) is 0 Å². The summed E-state index contributed by atoms with van der Waals surface area (Å²) in [6, 6.07) is 4.80. The summed E-state index contributed by atoms with van der Waals surface area (Å²) in [4.78, 5) is 3.75. The van der Waals surface area contributed by atoms with Crippen molar-refractivity contribution in [3.05, 3.63) is 35.3 Å². The molecule has 90 valence electrons. The van der Waals surface area contributed by atoms with Gasteiger partial charge in [-0.3, -0.25) is 4.72 Å². The van der Waals surface area contributed by atoms with Crippen molar-refractivity contribution in [2.45, 2.75) is 11.8 Å². The third kappa shape index (κ3) is 2.40. The van der Waals surface area contributed by atoms with E-state index in [-0.39, 0.29) is 10.7 Å². The Morgan fingerprint density at radius 3 is 2.76 bits per heavy atom. The van der Waals surface area contributed by atoms with Gasteiger partial charge >= 0.3 is 0 Å². The van der Waals surface area contributed by atoms with Crippen molar-refractivity contribution >= 4 is 32.2 Å². The number of pyridine rings is 1. The summed E-state index contributed by atoms with van der Waals surface area (Å²) in [5.41, 5.74) is 6.42. The molecule has 0 aliphatic heterocycles. The highest BCUT2D eigenvalue weighted by Crippen LogP contribution is 2.26. The maximum Gasteiger partial charge on any atom is 0.266 e. The first-order chi connectivity index (χ1) is 8.00. The number of anilines is 2. The first-order valence-corrected chi connectivity index (χ1v) is 7.14. The summed E-state index contributed by atoms with van der Waals surface area (Å²) in [5, 5.41) is 2.41. The predicted octanol–water partition coefficient (Wildman–Crippen LogP) is 1.83. The molecule has 0 radical (unpaired) electrons. The average molecular weight is 269 g/mol. The van der Waals surface area contributed by atoms with Crippen LogP contribution in [0, 0.1) is 6.92 Å². The molecule has 7 heteroatoms. The number of nitrogen functional groups attached to an aromatic ring is 1. The number of aromatic nitrogens is 1. The minimum absolute atomic E-state index is 0.00536. The smallest absolute Gasteiger partial charge is 0.266 e. The lowest BCUT2D eigenvalue weighted by molar-refractivity contribution is 0.601. The molecule has 0 aliphatic carbocycles. The Kier molecular flexibility index (Phi) is 3.03. The number of rotatable bonds is 3. The molecule has 0 fully saturated rings. The van der Waals surface area contributed by atoms with Crippen LogP contribution in [0.25, 0.3) is 0 Å². The van der Waals surface area contributed by atoms with Crippen LogP contribution in [0.4, 0.5) is 10.8 Å². The van der Waals surface area contributed by atoms with Crippen LogP contribution in [0.15, 0.2) is 34.7 Å². The lowest BCUT2D eigenvalue weighted by atomic mass is 10.4. The maximum atomic E-state index is 12.0. The Bertz CT molecular complexity index is 635. The van der Waals surface area contributed by atoms with Crippen molar-refractivity contribution in [3.8, 4) is 0 Å². The molecule has 0 saturated carbocycles. The Balaban J connectivity index is 2.39. The molecule has 0 saturated heterocycles. The standard InChI is InChI=1S/C10H11N3O2S2/c1-7-4-6-16-10(7)13-17(14,15)8-3-2-5-12-9(8)11/h2-6,13H,1H3,(H2,11,12). The van der Waals surface area contributed by atoms with E-state index in [1.54, 1.807) is 0 Å². The summed E-state index contributed by atoms with van der Waals surface area (Å²) in [6.07, 6.45) is 1.45. The zero-order valence-electron chi connectivity index (χ0n) is 9.04. The fraction of sp³-hybridized carbons (Fsp3) is 0.100. The largest absolute Gasteiger partial charge is 0.383 e. The van der Waals surface area contributed by atoms with Crippen LogP contribution in [-0.2, 0) is 10.0 Å². The van der Waals surface area contributed by atoms with Crippen molar-refractivity contribution in [2.24, 2.45) is 0 Å². The first kappa shape index (κ1) is 11.9. The minimum Gasteiger partial charge on any atom is -0.383 e. The highest BCUT2D eigenvalue weighted by atomic mass is 32.2. The van der Waals surface area contributed by atoms with E-state index in [0.29, 0.717) is 5.00 Å². The second-order valence-electron chi connectivity index (χ2n) is 3.43. The van der Waals surface area contributed by atoms with Gasteiger partial charge in [0, 0.05) is 6.20 Å². The lowest BCUT2D eigenvalue weighted by Gasteiger charge is -2.08. The molecule has 0 aromatic carbocycles. The molecule has 0 atom stereocenters. The van der Waals surface area contributed by atoms with Gasteiger partial charge in [-0.25, -0.2) is 13.4 Å². The average Bonchev–Trinajstić information content (AvgIpc) is 2.64. The monoisotopic (exact) mass is 269 g/mol. The molecule has 0 spiro atoms. The zero-order valence-corrected chi connectivity index (χ0v) is 10.7. The molecular weight excluding hydrogens is 258 g/mol. The molecule has 2 rings (SSSR count). The summed E-state index contributed by atoms with van der Waals surface area (Å²) < 4.78 is 26.6. The third-order valence-corrected chi connectivity index (χ3v) is 4.64. The fourth-order valence-corrected chi connectivity index (χ4v) is 3.57. The predicted molar refractivity (Wildman–Crippen MR) is 68.5 cm³/mol. The van der Waals surface area contributed by atoms with Gasteiger partial charge in [0.15, 0.2) is 0 Å². The van der Waals surface area contributed by atoms with Gasteiger partial charge in [-0.05, 0) is 36.1 Å². The number of aryl methyl sites for hydroxylation is 1. The summed E-state index contributed by atoms with van der Waals surface area (Å²) in [5.74, 6) is -0.00536. The fourth-order valence-electron chi connectivity index (χ4n) is 1.28. The molecule has 2 aromatic rings. The molecule has 0 aliphatic rings. The molecule has 0 amide bonds. The van der Waals surface area contributed by atoms with E-state index in [9.17, 15) is 8.42 Å². The Morgan fingerprint density at radius 2 is 2.18 bits per heavy atom. The Hall–Kier alpha value is -1.60. The van der Waals surface area contributed by atoms with Crippen LogP contribution in [0.2, 0.25) is 0 Å². The van der Waals surface area contributed by atoms with Gasteiger partial charge < -0.3 is 5.73 Å². The number of hydrogen-bond acceptors (Lipinski definition) is 5. The maximum absolute atomic E-state index is 12.0. The molecule has 2 aromatic heterocycles. The number of nitrogens with zero attached hydrogens (tertiary/aromatic N) is 1. The quantitative estimate of drug-likeness (QED) is 0.890. The highest BCUT2D eigenvalue weighted by Gasteiger charge is 2.19. The van der Waals surface area contributed by atoms with Crippen LogP contribution >= 0.6 is 11.3 Å². The molecule has 2 heterocycles. The summed E-state index contributed by atoms with van der Waals surface area (Å²) in [7, 11) is -3.66. The lowest BCUT2D eigenvalue weighted by Crippen LogP contribution is -2.15. The second kappa shape index (κ2) is 4.34. The third-order valence-electron chi connectivity index (χ3n) is 2.18. The van der Waals surface area contributed by atoms with E-state index in [4.69, 9.17) is 5.73 Å². The minimum atomic E-state index is -3.66. The number of nitrogens with one attached hydrogen (secondary N) is 1. The second-order valence-corrected chi connectivity index (χ2v) is 5.99. The van der Waals surface area contributed by atoms with Crippen molar-refractivity contribution in [3.63, 3.8) is 0 Å². The number of nitrogens with two attached hydrogens (primary N) is 1. The van der Waals surface area contributed by atoms with E-state index in [2.05, 4.69) is 9.71 Å². The zero-order chi connectivity index (χ0) is 12.5. The van der Waals surface area contributed by atoms with Gasteiger partial charge in [-0.2, -0.15) is 0 Å². The molecule has 0 bridgehead atoms. The SMILES string of the molecule is Cc1ccsc1NS(=O)(=O)c1cccnc1N. The molecule has 0 unspecified atom stereocenters. The van der Waals surface area contributed by atoms with E-state index in [1.165, 1.54) is 29.7 Å². The van der Waals surface area contributed by atoms with Crippen LogP contribution < -0.4 is 10.5 Å². The number of thiophene rings is 1. The van der Waals surface area contributed by atoms with Crippen molar-refractivity contribution in [1.82, 2.24) is 4.98 Å². The van der Waals surface area contributed by atoms with Gasteiger partial charge in [-0.15, -0.1) is 11.3 Å². The van der Waals surface area contributed by atoms with E-state index in [0.717, 1.165) is 5.56 Å². The topological polar surface area (TPSA) is 85.1 Å². The summed E-state index contributed by atoms with van der Waals surface area (Å²) in [6.45, 7) is 1.83. The van der Waals surface area contributed by atoms with Gasteiger partial charge in [0.1, 0.15) is 15.7 Å². The van der Waals surface area contributed by atoms with E-state index in [1.807, 2.05) is 18.4 Å².